The molecule has 3 nitrogen and oxygen atoms in total. The minimum Gasteiger partial charge on any atom is -0.314 e. The van der Waals surface area contributed by atoms with Crippen molar-refractivity contribution in [3.8, 4) is 0 Å². The third-order valence-electron chi connectivity index (χ3n) is 3.40. The van der Waals surface area contributed by atoms with Gasteiger partial charge < -0.3 is 5.32 Å². The molecule has 1 saturated heterocycles. The van der Waals surface area contributed by atoms with E-state index in [9.17, 15) is 0 Å². The van der Waals surface area contributed by atoms with Gasteiger partial charge in [0.05, 0.1) is 5.02 Å². The molecule has 2 heterocycles. The van der Waals surface area contributed by atoms with E-state index < -0.39 is 0 Å². The second-order valence-corrected chi connectivity index (χ2v) is 5.36. The monoisotopic (exact) mass is 253 g/mol. The molecular formula is C13H20ClN3. The lowest BCUT2D eigenvalue weighted by Crippen LogP contribution is -2.52. The lowest BCUT2D eigenvalue weighted by Gasteiger charge is -2.38. The molecule has 1 aliphatic rings. The van der Waals surface area contributed by atoms with Crippen LogP contribution in [0.3, 0.4) is 0 Å². The van der Waals surface area contributed by atoms with Crippen LogP contribution in [0.4, 0.5) is 0 Å². The van der Waals surface area contributed by atoms with Crippen LogP contribution in [-0.2, 0) is 6.54 Å². The van der Waals surface area contributed by atoms with Crippen molar-refractivity contribution in [3.05, 3.63) is 29.0 Å². The molecule has 0 amide bonds. The number of rotatable bonds is 3. The Morgan fingerprint density at radius 3 is 3.12 bits per heavy atom. The summed E-state index contributed by atoms with van der Waals surface area (Å²) >= 11 is 6.17. The molecule has 1 atom stereocenters. The van der Waals surface area contributed by atoms with Crippen LogP contribution >= 0.6 is 11.6 Å². The SMILES string of the molecule is CC(C)C1CNCCN1Cc1ccncc1Cl. The van der Waals surface area contributed by atoms with Crippen LogP contribution in [0.5, 0.6) is 0 Å². The molecular weight excluding hydrogens is 234 g/mol. The number of nitrogens with one attached hydrogen (secondary N) is 1. The van der Waals surface area contributed by atoms with Crippen molar-refractivity contribution in [2.75, 3.05) is 19.6 Å². The van der Waals surface area contributed by atoms with Crippen LogP contribution in [0.2, 0.25) is 5.02 Å². The molecule has 1 unspecified atom stereocenters. The Kier molecular flexibility index (Phi) is 4.37. The summed E-state index contributed by atoms with van der Waals surface area (Å²) in [5.74, 6) is 0.656. The van der Waals surface area contributed by atoms with Gasteiger partial charge in [-0.05, 0) is 17.5 Å². The molecule has 17 heavy (non-hydrogen) atoms. The highest BCUT2D eigenvalue weighted by Gasteiger charge is 2.25. The molecule has 0 spiro atoms. The number of aromatic nitrogens is 1. The number of halogens is 1. The third kappa shape index (κ3) is 3.18. The second-order valence-electron chi connectivity index (χ2n) is 4.95. The normalized spacial score (nSPS) is 22.0. The van der Waals surface area contributed by atoms with Crippen LogP contribution in [0.15, 0.2) is 18.5 Å². The maximum atomic E-state index is 6.17. The zero-order valence-corrected chi connectivity index (χ0v) is 11.2. The van der Waals surface area contributed by atoms with Gasteiger partial charge >= 0.3 is 0 Å². The molecule has 1 aromatic rings. The number of pyridine rings is 1. The fraction of sp³-hybridized carbons (Fsp3) is 0.615. The molecule has 4 heteroatoms. The van der Waals surface area contributed by atoms with Gasteiger partial charge in [-0.1, -0.05) is 25.4 Å². The smallest absolute Gasteiger partial charge is 0.0634 e. The molecule has 0 aromatic carbocycles. The first-order chi connectivity index (χ1) is 8.18. The van der Waals surface area contributed by atoms with E-state index in [-0.39, 0.29) is 0 Å². The molecule has 94 valence electrons. The lowest BCUT2D eigenvalue weighted by molar-refractivity contribution is 0.117. The predicted octanol–water partition coefficient (Wildman–Crippen LogP) is 2.16. The number of nitrogens with zero attached hydrogens (tertiary/aromatic N) is 2. The van der Waals surface area contributed by atoms with Crippen LogP contribution in [0.25, 0.3) is 0 Å². The highest BCUT2D eigenvalue weighted by Crippen LogP contribution is 2.20. The van der Waals surface area contributed by atoms with Crippen molar-refractivity contribution in [2.45, 2.75) is 26.4 Å². The maximum Gasteiger partial charge on any atom is 0.0634 e. The van der Waals surface area contributed by atoms with E-state index in [1.54, 1.807) is 6.20 Å². The van der Waals surface area contributed by atoms with E-state index in [1.165, 1.54) is 5.56 Å². The second kappa shape index (κ2) is 5.80. The van der Waals surface area contributed by atoms with Gasteiger partial charge in [0.1, 0.15) is 0 Å². The molecule has 0 aliphatic carbocycles. The minimum atomic E-state index is 0.591. The largest absolute Gasteiger partial charge is 0.314 e. The molecule has 1 aromatic heterocycles. The van der Waals surface area contributed by atoms with E-state index >= 15 is 0 Å². The Morgan fingerprint density at radius 2 is 2.41 bits per heavy atom. The molecule has 0 saturated carbocycles. The molecule has 0 bridgehead atoms. The van der Waals surface area contributed by atoms with Gasteiger partial charge in [-0.2, -0.15) is 0 Å². The van der Waals surface area contributed by atoms with Crippen LogP contribution in [0, 0.1) is 5.92 Å². The topological polar surface area (TPSA) is 28.2 Å². The van der Waals surface area contributed by atoms with Crippen LogP contribution < -0.4 is 5.32 Å². The Balaban J connectivity index is 2.08. The van der Waals surface area contributed by atoms with Crippen molar-refractivity contribution in [1.29, 1.82) is 0 Å². The van der Waals surface area contributed by atoms with Gasteiger partial charge in [-0.3, -0.25) is 9.88 Å². The highest BCUT2D eigenvalue weighted by atomic mass is 35.5. The van der Waals surface area contributed by atoms with Gasteiger partial charge in [-0.25, -0.2) is 0 Å². The first-order valence-electron chi connectivity index (χ1n) is 6.21. The zero-order chi connectivity index (χ0) is 12.3. The Bertz CT molecular complexity index is 367. The maximum absolute atomic E-state index is 6.17. The quantitative estimate of drug-likeness (QED) is 0.895. The number of hydrogen-bond acceptors (Lipinski definition) is 3. The van der Waals surface area contributed by atoms with E-state index in [0.29, 0.717) is 12.0 Å². The first kappa shape index (κ1) is 12.8. The van der Waals surface area contributed by atoms with Crippen molar-refractivity contribution in [3.63, 3.8) is 0 Å². The summed E-state index contributed by atoms with van der Waals surface area (Å²) in [6.07, 6.45) is 3.54. The van der Waals surface area contributed by atoms with Gasteiger partial charge in [0.25, 0.3) is 0 Å². The van der Waals surface area contributed by atoms with E-state index in [0.717, 1.165) is 31.2 Å². The van der Waals surface area contributed by atoms with Gasteiger partial charge in [-0.15, -0.1) is 0 Å². The summed E-state index contributed by atoms with van der Waals surface area (Å²) in [4.78, 5) is 6.55. The highest BCUT2D eigenvalue weighted by molar-refractivity contribution is 6.31. The van der Waals surface area contributed by atoms with Gasteiger partial charge in [0, 0.05) is 44.6 Å². The van der Waals surface area contributed by atoms with Crippen LogP contribution in [-0.4, -0.2) is 35.6 Å². The standard InChI is InChI=1S/C13H20ClN3/c1-10(2)13-8-16-5-6-17(13)9-11-3-4-15-7-12(11)14/h3-4,7,10,13,16H,5-6,8-9H2,1-2H3. The zero-order valence-electron chi connectivity index (χ0n) is 10.5. The summed E-state index contributed by atoms with van der Waals surface area (Å²) in [6.45, 7) is 8.69. The van der Waals surface area contributed by atoms with E-state index in [4.69, 9.17) is 11.6 Å². The van der Waals surface area contributed by atoms with Crippen molar-refractivity contribution in [2.24, 2.45) is 5.92 Å². The first-order valence-corrected chi connectivity index (χ1v) is 6.59. The van der Waals surface area contributed by atoms with Gasteiger partial charge in [0.15, 0.2) is 0 Å². The average Bonchev–Trinajstić information content (AvgIpc) is 2.32. The van der Waals surface area contributed by atoms with E-state index in [2.05, 4.69) is 29.0 Å². The lowest BCUT2D eigenvalue weighted by atomic mass is 10.00. The fourth-order valence-corrected chi connectivity index (χ4v) is 2.55. The number of hydrogen-bond donors (Lipinski definition) is 1. The summed E-state index contributed by atoms with van der Waals surface area (Å²) in [7, 11) is 0. The van der Waals surface area contributed by atoms with Crippen molar-refractivity contribution >= 4 is 11.6 Å². The Hall–Kier alpha value is -0.640. The van der Waals surface area contributed by atoms with Crippen molar-refractivity contribution in [1.82, 2.24) is 15.2 Å². The molecule has 0 radical (unpaired) electrons. The Labute approximate surface area is 108 Å². The summed E-state index contributed by atoms with van der Waals surface area (Å²) in [5, 5.41) is 4.23. The average molecular weight is 254 g/mol. The summed E-state index contributed by atoms with van der Waals surface area (Å²) < 4.78 is 0. The molecule has 1 aliphatic heterocycles. The molecule has 2 rings (SSSR count). The van der Waals surface area contributed by atoms with Crippen molar-refractivity contribution < 1.29 is 0 Å². The van der Waals surface area contributed by atoms with Crippen LogP contribution in [0.1, 0.15) is 19.4 Å². The third-order valence-corrected chi connectivity index (χ3v) is 3.74. The Morgan fingerprint density at radius 1 is 1.59 bits per heavy atom. The number of piperazine rings is 1. The molecule has 1 fully saturated rings. The molecule has 1 N–H and O–H groups in total. The van der Waals surface area contributed by atoms with E-state index in [1.807, 2.05) is 12.3 Å². The fourth-order valence-electron chi connectivity index (χ4n) is 2.37. The predicted molar refractivity (Wildman–Crippen MR) is 71.2 cm³/mol. The summed E-state index contributed by atoms with van der Waals surface area (Å²) in [6, 6.07) is 2.61. The minimum absolute atomic E-state index is 0.591. The summed E-state index contributed by atoms with van der Waals surface area (Å²) in [5.41, 5.74) is 1.18. The van der Waals surface area contributed by atoms with Gasteiger partial charge in [0.2, 0.25) is 0 Å².